The zero-order valence-electron chi connectivity index (χ0n) is 13.3. The highest BCUT2D eigenvalue weighted by Crippen LogP contribution is 2.30. The van der Waals surface area contributed by atoms with Crippen molar-refractivity contribution in [1.82, 2.24) is 0 Å². The molecule has 0 unspecified atom stereocenters. The number of aromatic carboxylic acids is 1. The first-order valence-corrected chi connectivity index (χ1v) is 9.14. The number of carboxylic acid groups (broad SMARTS) is 1. The van der Waals surface area contributed by atoms with E-state index in [1.165, 1.54) is 31.4 Å². The molecule has 0 radical (unpaired) electrons. The molecular formula is C16H16BrNO5S. The highest BCUT2D eigenvalue weighted by molar-refractivity contribution is 9.10. The lowest BCUT2D eigenvalue weighted by molar-refractivity contribution is 0.0698. The smallest absolute Gasteiger partial charge is 0.337 e. The van der Waals surface area contributed by atoms with Crippen LogP contribution in [-0.2, 0) is 10.0 Å². The molecule has 2 N–H and O–H groups in total. The topological polar surface area (TPSA) is 92.7 Å². The first kappa shape index (κ1) is 18.3. The van der Waals surface area contributed by atoms with Gasteiger partial charge in [0.1, 0.15) is 5.75 Å². The second-order valence-electron chi connectivity index (χ2n) is 5.21. The van der Waals surface area contributed by atoms with Gasteiger partial charge in [-0.15, -0.1) is 0 Å². The molecular weight excluding hydrogens is 398 g/mol. The molecule has 24 heavy (non-hydrogen) atoms. The molecule has 0 bridgehead atoms. The highest BCUT2D eigenvalue weighted by atomic mass is 79.9. The molecule has 6 nitrogen and oxygen atoms in total. The number of ether oxygens (including phenoxy) is 1. The minimum atomic E-state index is -3.95. The number of nitrogens with one attached hydrogen (secondary N) is 1. The average Bonchev–Trinajstić information content (AvgIpc) is 2.49. The Kier molecular flexibility index (Phi) is 5.19. The van der Waals surface area contributed by atoms with Crippen LogP contribution in [0.4, 0.5) is 5.69 Å². The minimum absolute atomic E-state index is 0.00788. The predicted molar refractivity (Wildman–Crippen MR) is 94.4 cm³/mol. The summed E-state index contributed by atoms with van der Waals surface area (Å²) >= 11 is 3.24. The zero-order chi connectivity index (χ0) is 18.1. The number of methoxy groups -OCH3 is 1. The van der Waals surface area contributed by atoms with Gasteiger partial charge in [-0.05, 0) is 65.2 Å². The van der Waals surface area contributed by atoms with Crippen molar-refractivity contribution in [3.8, 4) is 5.75 Å². The Balaban J connectivity index is 2.51. The average molecular weight is 414 g/mol. The molecule has 0 heterocycles. The van der Waals surface area contributed by atoms with E-state index in [0.29, 0.717) is 15.8 Å². The molecule has 0 atom stereocenters. The van der Waals surface area contributed by atoms with Gasteiger partial charge in [-0.2, -0.15) is 0 Å². The summed E-state index contributed by atoms with van der Waals surface area (Å²) in [6.45, 7) is 3.40. The number of benzene rings is 2. The molecule has 2 aromatic rings. The van der Waals surface area contributed by atoms with E-state index in [4.69, 9.17) is 4.74 Å². The third-order valence-electron chi connectivity index (χ3n) is 3.38. The summed E-state index contributed by atoms with van der Waals surface area (Å²) in [6, 6.07) is 7.44. The number of sulfonamides is 1. The zero-order valence-corrected chi connectivity index (χ0v) is 15.7. The van der Waals surface area contributed by atoms with Crippen molar-refractivity contribution in [1.29, 1.82) is 0 Å². The number of halogens is 1. The molecule has 128 valence electrons. The number of aryl methyl sites for hydroxylation is 2. The molecule has 0 fully saturated rings. The fourth-order valence-corrected chi connectivity index (χ4v) is 4.15. The third kappa shape index (κ3) is 3.70. The van der Waals surface area contributed by atoms with Crippen LogP contribution >= 0.6 is 15.9 Å². The Morgan fingerprint density at radius 3 is 2.42 bits per heavy atom. The van der Waals surface area contributed by atoms with Crippen molar-refractivity contribution in [2.24, 2.45) is 0 Å². The number of hydrogen-bond donors (Lipinski definition) is 2. The molecule has 8 heteroatoms. The summed E-state index contributed by atoms with van der Waals surface area (Å²) in [5.74, 6) is -0.706. The number of carboxylic acids is 1. The summed E-state index contributed by atoms with van der Waals surface area (Å²) < 4.78 is 33.1. The van der Waals surface area contributed by atoms with Crippen LogP contribution in [0, 0.1) is 13.8 Å². The molecule has 0 aliphatic carbocycles. The van der Waals surface area contributed by atoms with Gasteiger partial charge < -0.3 is 9.84 Å². The molecule has 0 saturated carbocycles. The van der Waals surface area contributed by atoms with Crippen LogP contribution in [0.3, 0.4) is 0 Å². The fraction of sp³-hybridized carbons (Fsp3) is 0.188. The molecule has 0 amide bonds. The van der Waals surface area contributed by atoms with Crippen molar-refractivity contribution in [3.05, 3.63) is 51.5 Å². The van der Waals surface area contributed by atoms with E-state index in [1.54, 1.807) is 19.9 Å². The largest absolute Gasteiger partial charge is 0.496 e. The lowest BCUT2D eigenvalue weighted by Gasteiger charge is -2.15. The second-order valence-corrected chi connectivity index (χ2v) is 7.75. The predicted octanol–water partition coefficient (Wildman–Crippen LogP) is 3.57. The Morgan fingerprint density at radius 2 is 1.88 bits per heavy atom. The maximum atomic E-state index is 12.6. The van der Waals surface area contributed by atoms with E-state index in [0.717, 1.165) is 5.56 Å². The summed E-state index contributed by atoms with van der Waals surface area (Å²) in [4.78, 5) is 11.4. The number of anilines is 1. The Morgan fingerprint density at radius 1 is 1.21 bits per heavy atom. The van der Waals surface area contributed by atoms with Gasteiger partial charge in [0.2, 0.25) is 0 Å². The van der Waals surface area contributed by atoms with Crippen LogP contribution in [0.1, 0.15) is 21.5 Å². The maximum Gasteiger partial charge on any atom is 0.337 e. The number of hydrogen-bond acceptors (Lipinski definition) is 4. The van der Waals surface area contributed by atoms with Crippen molar-refractivity contribution in [3.63, 3.8) is 0 Å². The summed E-state index contributed by atoms with van der Waals surface area (Å²) in [5, 5.41) is 9.34. The van der Waals surface area contributed by atoms with E-state index in [1.807, 2.05) is 0 Å². The van der Waals surface area contributed by atoms with Crippen molar-refractivity contribution < 1.29 is 23.1 Å². The second kappa shape index (κ2) is 6.82. The normalized spacial score (nSPS) is 11.2. The van der Waals surface area contributed by atoms with E-state index in [2.05, 4.69) is 20.7 Å². The van der Waals surface area contributed by atoms with E-state index in [9.17, 15) is 18.3 Å². The fourth-order valence-electron chi connectivity index (χ4n) is 2.28. The van der Waals surface area contributed by atoms with Crippen LogP contribution in [-0.4, -0.2) is 26.6 Å². The lowest BCUT2D eigenvalue weighted by atomic mass is 10.0. The van der Waals surface area contributed by atoms with Crippen molar-refractivity contribution in [2.75, 3.05) is 11.8 Å². The molecule has 2 aromatic carbocycles. The molecule has 0 spiro atoms. The monoisotopic (exact) mass is 413 g/mol. The van der Waals surface area contributed by atoms with Gasteiger partial charge in [0.15, 0.2) is 0 Å². The first-order chi connectivity index (χ1) is 11.2. The molecule has 0 aromatic heterocycles. The van der Waals surface area contributed by atoms with Crippen LogP contribution in [0.5, 0.6) is 5.75 Å². The minimum Gasteiger partial charge on any atom is -0.496 e. The van der Waals surface area contributed by atoms with E-state index in [-0.39, 0.29) is 16.1 Å². The summed E-state index contributed by atoms with van der Waals surface area (Å²) in [7, 11) is -2.48. The number of carbonyl (C=O) groups is 1. The molecule has 0 saturated heterocycles. The number of rotatable bonds is 5. The van der Waals surface area contributed by atoms with E-state index >= 15 is 0 Å². The Bertz CT molecular complexity index is 909. The third-order valence-corrected chi connectivity index (χ3v) is 5.35. The Labute approximate surface area is 148 Å². The van der Waals surface area contributed by atoms with Gasteiger partial charge in [0.25, 0.3) is 10.0 Å². The van der Waals surface area contributed by atoms with Gasteiger partial charge in [0.05, 0.1) is 27.7 Å². The van der Waals surface area contributed by atoms with Crippen molar-refractivity contribution in [2.45, 2.75) is 18.7 Å². The highest BCUT2D eigenvalue weighted by Gasteiger charge is 2.21. The molecule has 0 aliphatic heterocycles. The molecule has 0 aliphatic rings. The van der Waals surface area contributed by atoms with Crippen LogP contribution in [0.15, 0.2) is 39.7 Å². The van der Waals surface area contributed by atoms with Gasteiger partial charge >= 0.3 is 5.97 Å². The maximum absolute atomic E-state index is 12.6. The van der Waals surface area contributed by atoms with E-state index < -0.39 is 16.0 Å². The first-order valence-electron chi connectivity index (χ1n) is 6.86. The summed E-state index contributed by atoms with van der Waals surface area (Å²) in [6.07, 6.45) is 0. The molecule has 2 rings (SSSR count). The van der Waals surface area contributed by atoms with Gasteiger partial charge in [0, 0.05) is 0 Å². The lowest BCUT2D eigenvalue weighted by Crippen LogP contribution is -2.17. The van der Waals surface area contributed by atoms with Crippen LogP contribution in [0.2, 0.25) is 0 Å². The van der Waals surface area contributed by atoms with Crippen molar-refractivity contribution >= 4 is 37.6 Å². The van der Waals surface area contributed by atoms with Gasteiger partial charge in [-0.3, -0.25) is 4.72 Å². The van der Waals surface area contributed by atoms with Gasteiger partial charge in [-0.25, -0.2) is 13.2 Å². The summed E-state index contributed by atoms with van der Waals surface area (Å²) in [5.41, 5.74) is 1.23. The Hall–Kier alpha value is -2.06. The van der Waals surface area contributed by atoms with Crippen LogP contribution < -0.4 is 9.46 Å². The standard InChI is InChI=1S/C16H16BrNO5S/c1-9-6-10(2)15(12(7-9)16(19)20)18-24(21,22)11-4-5-14(23-3)13(17)8-11/h4-8,18H,1-3H3,(H,19,20). The van der Waals surface area contributed by atoms with Crippen LogP contribution in [0.25, 0.3) is 0 Å². The van der Waals surface area contributed by atoms with Gasteiger partial charge in [-0.1, -0.05) is 6.07 Å². The SMILES string of the molecule is COc1ccc(S(=O)(=O)Nc2c(C)cc(C)cc2C(=O)O)cc1Br. The quantitative estimate of drug-likeness (QED) is 0.781.